The van der Waals surface area contributed by atoms with Gasteiger partial charge < -0.3 is 20.9 Å². The van der Waals surface area contributed by atoms with Crippen molar-refractivity contribution in [2.24, 2.45) is 11.7 Å². The number of piperidine rings is 1. The molecule has 2 aliphatic rings. The summed E-state index contributed by atoms with van der Waals surface area (Å²) < 4.78 is 0. The van der Waals surface area contributed by atoms with Crippen molar-refractivity contribution in [3.63, 3.8) is 0 Å². The second-order valence-electron chi connectivity index (χ2n) is 7.23. The summed E-state index contributed by atoms with van der Waals surface area (Å²) in [7, 11) is 0. The number of nitrogens with zero attached hydrogens (tertiary/aromatic N) is 2. The highest BCUT2D eigenvalue weighted by atomic mass is 16.2. The van der Waals surface area contributed by atoms with Crippen LogP contribution in [0.1, 0.15) is 31.7 Å². The minimum atomic E-state index is -0.283. The largest absolute Gasteiger partial charge is 0.370 e. The van der Waals surface area contributed by atoms with Crippen molar-refractivity contribution in [2.45, 2.75) is 38.6 Å². The van der Waals surface area contributed by atoms with Gasteiger partial charge in [-0.25, -0.2) is 4.79 Å². The molecule has 2 atom stereocenters. The molecule has 0 unspecified atom stereocenters. The summed E-state index contributed by atoms with van der Waals surface area (Å²) in [6, 6.07) is 8.90. The lowest BCUT2D eigenvalue weighted by Crippen LogP contribution is -2.48. The number of hydrogen-bond acceptors (Lipinski definition) is 3. The van der Waals surface area contributed by atoms with E-state index in [2.05, 4.69) is 41.4 Å². The molecule has 136 valence electrons. The van der Waals surface area contributed by atoms with Gasteiger partial charge in [0.1, 0.15) is 0 Å². The molecule has 2 aliphatic heterocycles. The van der Waals surface area contributed by atoms with Gasteiger partial charge in [0.2, 0.25) is 5.91 Å². The van der Waals surface area contributed by atoms with Gasteiger partial charge in [-0.1, -0.05) is 18.2 Å². The number of rotatable bonds is 5. The third-order valence-electron chi connectivity index (χ3n) is 5.27. The molecule has 0 bridgehead atoms. The normalized spacial score (nSPS) is 22.6. The predicted molar refractivity (Wildman–Crippen MR) is 98.5 cm³/mol. The number of primary amides is 1. The number of nitrogens with two attached hydrogens (primary N) is 1. The molecule has 0 saturated carbocycles. The summed E-state index contributed by atoms with van der Waals surface area (Å²) in [6.45, 7) is 5.03. The zero-order chi connectivity index (χ0) is 17.8. The van der Waals surface area contributed by atoms with Gasteiger partial charge in [-0.3, -0.25) is 4.79 Å². The molecule has 0 spiro atoms. The first-order chi connectivity index (χ1) is 12.0. The zero-order valence-corrected chi connectivity index (χ0v) is 14.9. The van der Waals surface area contributed by atoms with E-state index in [9.17, 15) is 9.59 Å². The van der Waals surface area contributed by atoms with Crippen molar-refractivity contribution in [1.29, 1.82) is 0 Å². The number of likely N-dealkylation sites (tertiary alicyclic amines) is 1. The van der Waals surface area contributed by atoms with E-state index >= 15 is 0 Å². The second kappa shape index (κ2) is 7.76. The molecule has 0 aliphatic carbocycles. The van der Waals surface area contributed by atoms with Crippen molar-refractivity contribution < 1.29 is 9.59 Å². The van der Waals surface area contributed by atoms with Crippen LogP contribution in [0.5, 0.6) is 0 Å². The average molecular weight is 344 g/mol. The Morgan fingerprint density at radius 1 is 1.32 bits per heavy atom. The van der Waals surface area contributed by atoms with Gasteiger partial charge in [0.15, 0.2) is 0 Å². The molecule has 1 fully saturated rings. The van der Waals surface area contributed by atoms with Crippen LogP contribution in [0.15, 0.2) is 24.3 Å². The number of benzene rings is 1. The lowest BCUT2D eigenvalue weighted by Gasteiger charge is -2.32. The summed E-state index contributed by atoms with van der Waals surface area (Å²) in [5.41, 5.74) is 7.95. The van der Waals surface area contributed by atoms with Crippen molar-refractivity contribution in [2.75, 3.05) is 31.1 Å². The maximum atomic E-state index is 12.4. The molecule has 1 aromatic rings. The second-order valence-corrected chi connectivity index (χ2v) is 7.23. The van der Waals surface area contributed by atoms with E-state index in [0.29, 0.717) is 25.6 Å². The van der Waals surface area contributed by atoms with E-state index in [1.165, 1.54) is 11.3 Å². The minimum absolute atomic E-state index is 0.0331. The standard InChI is InChI=1S/C19H28N4O2/c1-14-11-16-6-2-3-7-17(16)23(14)10-8-21-19(25)22-9-4-5-15(13-22)12-18(20)24/h2-3,6-7,14-15H,4-5,8-13H2,1H3,(H2,20,24)(H,21,25)/t14-,15+/m1/s1. The van der Waals surface area contributed by atoms with Gasteiger partial charge in [-0.2, -0.15) is 0 Å². The van der Waals surface area contributed by atoms with E-state index in [1.54, 1.807) is 0 Å². The van der Waals surface area contributed by atoms with E-state index < -0.39 is 0 Å². The first-order valence-corrected chi connectivity index (χ1v) is 9.20. The van der Waals surface area contributed by atoms with Crippen LogP contribution in [0, 0.1) is 5.92 Å². The molecular weight excluding hydrogens is 316 g/mol. The molecule has 3 rings (SSSR count). The summed E-state index contributed by atoms with van der Waals surface area (Å²) in [5, 5.41) is 3.03. The average Bonchev–Trinajstić information content (AvgIpc) is 2.90. The summed E-state index contributed by atoms with van der Waals surface area (Å²) in [4.78, 5) is 27.7. The molecular formula is C19H28N4O2. The first-order valence-electron chi connectivity index (χ1n) is 9.20. The summed E-state index contributed by atoms with van der Waals surface area (Å²) >= 11 is 0. The van der Waals surface area contributed by atoms with Crippen LogP contribution in [0.4, 0.5) is 10.5 Å². The van der Waals surface area contributed by atoms with Crippen molar-refractivity contribution in [3.8, 4) is 0 Å². The Kier molecular flexibility index (Phi) is 5.46. The molecule has 1 aromatic carbocycles. The van der Waals surface area contributed by atoms with Crippen LogP contribution >= 0.6 is 0 Å². The van der Waals surface area contributed by atoms with E-state index in [0.717, 1.165) is 32.4 Å². The first kappa shape index (κ1) is 17.6. The smallest absolute Gasteiger partial charge is 0.317 e. The maximum absolute atomic E-state index is 12.4. The topological polar surface area (TPSA) is 78.7 Å². The van der Waals surface area contributed by atoms with Crippen LogP contribution in [-0.4, -0.2) is 49.1 Å². The monoisotopic (exact) mass is 344 g/mol. The fraction of sp³-hybridized carbons (Fsp3) is 0.579. The molecule has 25 heavy (non-hydrogen) atoms. The van der Waals surface area contributed by atoms with Gasteiger partial charge in [-0.15, -0.1) is 0 Å². The van der Waals surface area contributed by atoms with E-state index in [4.69, 9.17) is 5.73 Å². The fourth-order valence-electron chi connectivity index (χ4n) is 4.07. The number of urea groups is 1. The number of nitrogens with one attached hydrogen (secondary N) is 1. The van der Waals surface area contributed by atoms with Crippen molar-refractivity contribution in [3.05, 3.63) is 29.8 Å². The van der Waals surface area contributed by atoms with Gasteiger partial charge in [0, 0.05) is 44.3 Å². The molecule has 0 aromatic heterocycles. The lowest BCUT2D eigenvalue weighted by atomic mass is 9.95. The number of hydrogen-bond donors (Lipinski definition) is 2. The highest BCUT2D eigenvalue weighted by Gasteiger charge is 2.27. The van der Waals surface area contributed by atoms with Crippen LogP contribution in [-0.2, 0) is 11.2 Å². The number of amides is 3. The lowest BCUT2D eigenvalue weighted by molar-refractivity contribution is -0.119. The molecule has 2 heterocycles. The van der Waals surface area contributed by atoms with Gasteiger partial charge in [-0.05, 0) is 43.7 Å². The molecule has 3 N–H and O–H groups in total. The molecule has 6 heteroatoms. The number of fused-ring (bicyclic) bond motifs is 1. The molecule has 1 saturated heterocycles. The number of anilines is 1. The Labute approximate surface area is 149 Å². The van der Waals surface area contributed by atoms with Gasteiger partial charge in [0.05, 0.1) is 0 Å². The number of carbonyl (C=O) groups excluding carboxylic acids is 2. The SMILES string of the molecule is C[C@@H]1Cc2ccccc2N1CCNC(=O)N1CCC[C@@H](CC(N)=O)C1. The number of carbonyl (C=O) groups is 2. The Balaban J connectivity index is 1.47. The van der Waals surface area contributed by atoms with Gasteiger partial charge >= 0.3 is 6.03 Å². The maximum Gasteiger partial charge on any atom is 0.317 e. The summed E-state index contributed by atoms with van der Waals surface area (Å²) in [5.74, 6) is -0.0866. The Morgan fingerprint density at radius 2 is 2.12 bits per heavy atom. The van der Waals surface area contributed by atoms with E-state index in [1.807, 2.05) is 4.90 Å². The third-order valence-corrected chi connectivity index (χ3v) is 5.27. The quantitative estimate of drug-likeness (QED) is 0.854. The van der Waals surface area contributed by atoms with Crippen LogP contribution in [0.25, 0.3) is 0 Å². The van der Waals surface area contributed by atoms with Crippen LogP contribution in [0.2, 0.25) is 0 Å². The molecule has 0 radical (unpaired) electrons. The minimum Gasteiger partial charge on any atom is -0.370 e. The Hall–Kier alpha value is -2.24. The highest BCUT2D eigenvalue weighted by molar-refractivity contribution is 5.75. The summed E-state index contributed by atoms with van der Waals surface area (Å²) in [6.07, 6.45) is 3.33. The predicted octanol–water partition coefficient (Wildman–Crippen LogP) is 1.73. The third kappa shape index (κ3) is 4.24. The van der Waals surface area contributed by atoms with Gasteiger partial charge in [0.25, 0.3) is 0 Å². The van der Waals surface area contributed by atoms with Crippen molar-refractivity contribution >= 4 is 17.6 Å². The highest BCUT2D eigenvalue weighted by Crippen LogP contribution is 2.31. The van der Waals surface area contributed by atoms with Crippen molar-refractivity contribution in [1.82, 2.24) is 10.2 Å². The van der Waals surface area contributed by atoms with Crippen LogP contribution in [0.3, 0.4) is 0 Å². The Morgan fingerprint density at radius 3 is 2.92 bits per heavy atom. The Bertz CT molecular complexity index is 634. The van der Waals surface area contributed by atoms with E-state index in [-0.39, 0.29) is 17.9 Å². The van der Waals surface area contributed by atoms with Crippen LogP contribution < -0.4 is 16.0 Å². The molecule has 6 nitrogen and oxygen atoms in total. The zero-order valence-electron chi connectivity index (χ0n) is 14.9. The molecule has 3 amide bonds. The fourth-order valence-corrected chi connectivity index (χ4v) is 4.07. The number of para-hydroxylation sites is 1.